The molecule has 13 heavy (non-hydrogen) atoms. The first-order valence-corrected chi connectivity index (χ1v) is 5.07. The van der Waals surface area contributed by atoms with Gasteiger partial charge in [-0.05, 0) is 34.6 Å². The fraction of sp³-hybridized carbons (Fsp3) is 1.00. The van der Waals surface area contributed by atoms with Crippen LogP contribution in [0.2, 0.25) is 0 Å². The fourth-order valence-corrected chi connectivity index (χ4v) is 1.25. The summed E-state index contributed by atoms with van der Waals surface area (Å²) >= 11 is 0. The summed E-state index contributed by atoms with van der Waals surface area (Å²) in [7, 11) is 0. The third-order valence-electron chi connectivity index (χ3n) is 2.69. The molecule has 0 aliphatic rings. The lowest BCUT2D eigenvalue weighted by Gasteiger charge is -2.35. The van der Waals surface area contributed by atoms with E-state index in [4.69, 9.17) is 4.74 Å². The zero-order chi connectivity index (χ0) is 9.61. The van der Waals surface area contributed by atoms with Gasteiger partial charge in [-0.3, -0.25) is 0 Å². The van der Waals surface area contributed by atoms with Crippen molar-refractivity contribution in [3.63, 3.8) is 0 Å². The lowest BCUT2D eigenvalue weighted by Crippen LogP contribution is -3.00. The SMILES string of the molecule is CC[N+](CC)(CC)COC(C)C.[F-]. The Balaban J connectivity index is 0. The third-order valence-corrected chi connectivity index (χ3v) is 2.69. The molecule has 0 N–H and O–H groups in total. The summed E-state index contributed by atoms with van der Waals surface area (Å²) in [5.74, 6) is 0. The number of hydrogen-bond donors (Lipinski definition) is 0. The second-order valence-electron chi connectivity index (χ2n) is 3.63. The average molecular weight is 193 g/mol. The van der Waals surface area contributed by atoms with Crippen LogP contribution in [0.5, 0.6) is 0 Å². The molecule has 0 rings (SSSR count). The van der Waals surface area contributed by atoms with Gasteiger partial charge in [0.25, 0.3) is 0 Å². The van der Waals surface area contributed by atoms with Gasteiger partial charge in [0.15, 0.2) is 6.73 Å². The van der Waals surface area contributed by atoms with Crippen LogP contribution >= 0.6 is 0 Å². The average Bonchev–Trinajstić information content (AvgIpc) is 2.08. The Bertz CT molecular complexity index is 105. The fourth-order valence-electron chi connectivity index (χ4n) is 1.25. The Morgan fingerprint density at radius 2 is 1.38 bits per heavy atom. The van der Waals surface area contributed by atoms with Crippen LogP contribution in [-0.2, 0) is 4.74 Å². The summed E-state index contributed by atoms with van der Waals surface area (Å²) in [6.07, 6.45) is 0.354. The van der Waals surface area contributed by atoms with E-state index in [1.54, 1.807) is 0 Å². The largest absolute Gasteiger partial charge is 1.00 e. The number of nitrogens with zero attached hydrogens (tertiary/aromatic N) is 1. The maximum absolute atomic E-state index is 5.65. The predicted molar refractivity (Wildman–Crippen MR) is 53.0 cm³/mol. The van der Waals surface area contributed by atoms with Crippen molar-refractivity contribution < 1.29 is 13.9 Å². The molecule has 0 unspecified atom stereocenters. The van der Waals surface area contributed by atoms with Crippen molar-refractivity contribution in [2.75, 3.05) is 26.4 Å². The molecule has 2 nitrogen and oxygen atoms in total. The quantitative estimate of drug-likeness (QED) is 0.398. The third kappa shape index (κ3) is 5.21. The van der Waals surface area contributed by atoms with Crippen LogP contribution < -0.4 is 4.70 Å². The summed E-state index contributed by atoms with van der Waals surface area (Å²) in [5.41, 5.74) is 0. The highest BCUT2D eigenvalue weighted by Gasteiger charge is 2.20. The molecule has 0 heterocycles. The van der Waals surface area contributed by atoms with Crippen molar-refractivity contribution in [3.05, 3.63) is 0 Å². The van der Waals surface area contributed by atoms with Crippen molar-refractivity contribution in [3.8, 4) is 0 Å². The van der Waals surface area contributed by atoms with Gasteiger partial charge in [-0.15, -0.1) is 0 Å². The Hall–Kier alpha value is -0.150. The Morgan fingerprint density at radius 1 is 1.00 bits per heavy atom. The van der Waals surface area contributed by atoms with Gasteiger partial charge in [0, 0.05) is 0 Å². The van der Waals surface area contributed by atoms with Crippen molar-refractivity contribution in [1.29, 1.82) is 0 Å². The first-order valence-electron chi connectivity index (χ1n) is 5.07. The van der Waals surface area contributed by atoms with Gasteiger partial charge in [-0.25, -0.2) is 0 Å². The van der Waals surface area contributed by atoms with Crippen molar-refractivity contribution in [2.24, 2.45) is 0 Å². The van der Waals surface area contributed by atoms with Gasteiger partial charge < -0.3 is 13.9 Å². The van der Waals surface area contributed by atoms with Crippen molar-refractivity contribution in [1.82, 2.24) is 0 Å². The predicted octanol–water partition coefficient (Wildman–Crippen LogP) is -0.751. The van der Waals surface area contributed by atoms with Crippen molar-refractivity contribution in [2.45, 2.75) is 40.7 Å². The lowest BCUT2D eigenvalue weighted by atomic mass is 10.4. The van der Waals surface area contributed by atoms with Gasteiger partial charge in [0.1, 0.15) is 0 Å². The maximum atomic E-state index is 5.65. The van der Waals surface area contributed by atoms with Crippen LogP contribution in [0.15, 0.2) is 0 Å². The summed E-state index contributed by atoms with van der Waals surface area (Å²) in [6.45, 7) is 15.2. The van der Waals surface area contributed by atoms with E-state index in [0.29, 0.717) is 6.10 Å². The monoisotopic (exact) mass is 193 g/mol. The zero-order valence-corrected chi connectivity index (χ0v) is 9.64. The molecule has 0 aromatic rings. The number of rotatable bonds is 6. The molecule has 0 atom stereocenters. The van der Waals surface area contributed by atoms with E-state index in [1.807, 2.05) is 0 Å². The van der Waals surface area contributed by atoms with Crippen LogP contribution in [-0.4, -0.2) is 37.0 Å². The summed E-state index contributed by atoms with van der Waals surface area (Å²) in [4.78, 5) is 0. The molecular weight excluding hydrogens is 169 g/mol. The van der Waals surface area contributed by atoms with E-state index in [2.05, 4.69) is 34.6 Å². The molecule has 82 valence electrons. The van der Waals surface area contributed by atoms with E-state index in [-0.39, 0.29) is 4.70 Å². The van der Waals surface area contributed by atoms with Gasteiger partial charge in [0.2, 0.25) is 0 Å². The van der Waals surface area contributed by atoms with Gasteiger partial charge in [-0.1, -0.05) is 0 Å². The molecule has 0 fully saturated rings. The normalized spacial score (nSPS) is 11.5. The van der Waals surface area contributed by atoms with Gasteiger partial charge in [-0.2, -0.15) is 0 Å². The smallest absolute Gasteiger partial charge is 0.183 e. The highest BCUT2D eigenvalue weighted by atomic mass is 19.0. The van der Waals surface area contributed by atoms with Crippen LogP contribution in [0, 0.1) is 0 Å². The summed E-state index contributed by atoms with van der Waals surface area (Å²) in [6, 6.07) is 0. The molecule has 0 saturated carbocycles. The van der Waals surface area contributed by atoms with E-state index in [0.717, 1.165) is 11.2 Å². The molecular formula is C10H24FNO. The van der Waals surface area contributed by atoms with E-state index in [1.165, 1.54) is 19.6 Å². The zero-order valence-electron chi connectivity index (χ0n) is 9.64. The van der Waals surface area contributed by atoms with Crippen LogP contribution in [0.25, 0.3) is 0 Å². The maximum Gasteiger partial charge on any atom is 0.183 e. The van der Waals surface area contributed by atoms with E-state index in [9.17, 15) is 0 Å². The van der Waals surface area contributed by atoms with E-state index < -0.39 is 0 Å². The number of ether oxygens (including phenoxy) is 1. The van der Waals surface area contributed by atoms with Crippen LogP contribution in [0.3, 0.4) is 0 Å². The Morgan fingerprint density at radius 3 is 1.62 bits per heavy atom. The first-order chi connectivity index (χ1) is 5.60. The summed E-state index contributed by atoms with van der Waals surface area (Å²) < 4.78 is 6.73. The highest BCUT2D eigenvalue weighted by molar-refractivity contribution is 4.35. The van der Waals surface area contributed by atoms with Crippen molar-refractivity contribution >= 4 is 0 Å². The highest BCUT2D eigenvalue weighted by Crippen LogP contribution is 2.06. The molecule has 3 heteroatoms. The van der Waals surface area contributed by atoms with Gasteiger partial charge in [0.05, 0.1) is 25.7 Å². The van der Waals surface area contributed by atoms with Crippen LogP contribution in [0.4, 0.5) is 0 Å². The lowest BCUT2D eigenvalue weighted by molar-refractivity contribution is -0.941. The molecule has 0 spiro atoms. The van der Waals surface area contributed by atoms with E-state index >= 15 is 0 Å². The first kappa shape index (κ1) is 15.3. The Kier molecular flexibility index (Phi) is 8.57. The number of halogens is 1. The topological polar surface area (TPSA) is 9.23 Å². The summed E-state index contributed by atoms with van der Waals surface area (Å²) in [5, 5.41) is 0. The van der Waals surface area contributed by atoms with Crippen LogP contribution in [0.1, 0.15) is 34.6 Å². The number of hydrogen-bond acceptors (Lipinski definition) is 1. The standard InChI is InChI=1S/C10H24NO.FH/c1-6-11(7-2,8-3)9-12-10(4)5;/h10H,6-9H2,1-5H3;1H/q+1;/p-1. The van der Waals surface area contributed by atoms with Gasteiger partial charge >= 0.3 is 0 Å². The molecule has 0 aromatic heterocycles. The molecule has 0 amide bonds. The molecule has 0 radical (unpaired) electrons. The molecule has 0 aliphatic carbocycles. The minimum absolute atomic E-state index is 0. The molecule has 0 aromatic carbocycles. The minimum Gasteiger partial charge on any atom is -1.00 e. The minimum atomic E-state index is 0. The molecule has 0 saturated heterocycles. The molecule has 0 aliphatic heterocycles. The number of quaternary nitrogens is 1. The molecule has 0 bridgehead atoms. The Labute approximate surface area is 81.8 Å². The second-order valence-corrected chi connectivity index (χ2v) is 3.63. The second kappa shape index (κ2) is 7.27.